The molecule has 0 atom stereocenters. The average molecular weight is 371 g/mol. The summed E-state index contributed by atoms with van der Waals surface area (Å²) < 4.78 is 5.48. The summed E-state index contributed by atoms with van der Waals surface area (Å²) in [6.07, 6.45) is 11.9. The quantitative estimate of drug-likeness (QED) is 0.726. The van der Waals surface area contributed by atoms with E-state index in [0.29, 0.717) is 12.2 Å². The van der Waals surface area contributed by atoms with E-state index in [2.05, 4.69) is 33.5 Å². The fourth-order valence-corrected chi connectivity index (χ4v) is 3.31. The molecule has 0 aliphatic heterocycles. The van der Waals surface area contributed by atoms with Crippen molar-refractivity contribution in [2.75, 3.05) is 13.7 Å². The average Bonchev–Trinajstić information content (AvgIpc) is 2.77. The van der Waals surface area contributed by atoms with Crippen LogP contribution in [0.1, 0.15) is 23.3 Å². The van der Waals surface area contributed by atoms with Crippen LogP contribution >= 0.6 is 0 Å². The number of fused-ring (bicyclic) bond motifs is 1. The van der Waals surface area contributed by atoms with Crippen molar-refractivity contribution in [3.63, 3.8) is 0 Å². The van der Waals surface area contributed by atoms with Gasteiger partial charge in [-0.15, -0.1) is 0 Å². The van der Waals surface area contributed by atoms with Gasteiger partial charge in [-0.1, -0.05) is 36.4 Å². The molecule has 2 heterocycles. The number of benzene rings is 1. The largest absolute Gasteiger partial charge is 0.496 e. The van der Waals surface area contributed by atoms with Gasteiger partial charge in [-0.05, 0) is 36.6 Å². The first-order valence-electron chi connectivity index (χ1n) is 9.28. The molecule has 0 saturated carbocycles. The van der Waals surface area contributed by atoms with Crippen LogP contribution in [0.25, 0.3) is 22.0 Å². The molecule has 4 rings (SSSR count). The van der Waals surface area contributed by atoms with E-state index in [9.17, 15) is 4.79 Å². The Morgan fingerprint density at radius 1 is 1.11 bits per heavy atom. The number of aromatic nitrogens is 2. The molecule has 0 spiro atoms. The van der Waals surface area contributed by atoms with Crippen LogP contribution < -0.4 is 10.1 Å². The summed E-state index contributed by atoms with van der Waals surface area (Å²) in [5.74, 6) is 0.550. The zero-order valence-corrected chi connectivity index (χ0v) is 15.7. The Morgan fingerprint density at radius 3 is 2.82 bits per heavy atom. The summed E-state index contributed by atoms with van der Waals surface area (Å²) in [6.45, 7) is 0.505. The molecular formula is C23H21N3O2. The van der Waals surface area contributed by atoms with Crippen LogP contribution in [0, 0.1) is 0 Å². The van der Waals surface area contributed by atoms with Gasteiger partial charge in [0.1, 0.15) is 11.4 Å². The van der Waals surface area contributed by atoms with Crippen LogP contribution in [-0.2, 0) is 0 Å². The van der Waals surface area contributed by atoms with E-state index < -0.39 is 0 Å². The smallest absolute Gasteiger partial charge is 0.270 e. The van der Waals surface area contributed by atoms with E-state index >= 15 is 0 Å². The van der Waals surface area contributed by atoms with Gasteiger partial charge >= 0.3 is 0 Å². The molecule has 1 aliphatic rings. The van der Waals surface area contributed by atoms with Gasteiger partial charge in [0.15, 0.2) is 0 Å². The van der Waals surface area contributed by atoms with Gasteiger partial charge < -0.3 is 10.1 Å². The van der Waals surface area contributed by atoms with E-state index in [4.69, 9.17) is 4.74 Å². The third-order valence-corrected chi connectivity index (χ3v) is 4.75. The molecule has 0 unspecified atom stereocenters. The van der Waals surface area contributed by atoms with E-state index in [0.717, 1.165) is 46.2 Å². The maximum Gasteiger partial charge on any atom is 0.270 e. The number of methoxy groups -OCH3 is 1. The summed E-state index contributed by atoms with van der Waals surface area (Å²) in [6, 6.07) is 11.3. The maximum absolute atomic E-state index is 12.6. The molecule has 5 nitrogen and oxygen atoms in total. The molecule has 1 aromatic carbocycles. The first-order valence-corrected chi connectivity index (χ1v) is 9.28. The standard InChI is InChI=1S/C23H21N3O2/c1-28-21-10-6-5-9-18(21)19-15-24-14-17-11-12-20(26-22(17)19)23(27)25-13-16-7-3-2-4-8-16/h3,5-12,14-15H,2,4,13H2,1H3,(H,25,27). The van der Waals surface area contributed by atoms with Gasteiger partial charge in [0.05, 0.1) is 12.6 Å². The highest BCUT2D eigenvalue weighted by Crippen LogP contribution is 2.33. The molecule has 140 valence electrons. The Balaban J connectivity index is 1.67. The lowest BCUT2D eigenvalue weighted by atomic mass is 10.0. The molecule has 28 heavy (non-hydrogen) atoms. The van der Waals surface area contributed by atoms with Crippen molar-refractivity contribution in [2.45, 2.75) is 12.8 Å². The zero-order valence-electron chi connectivity index (χ0n) is 15.7. The van der Waals surface area contributed by atoms with Gasteiger partial charge in [-0.25, -0.2) is 4.98 Å². The van der Waals surface area contributed by atoms with Crippen molar-refractivity contribution in [2.24, 2.45) is 0 Å². The predicted octanol–water partition coefficient (Wildman–Crippen LogP) is 4.31. The highest BCUT2D eigenvalue weighted by Gasteiger charge is 2.14. The molecule has 0 saturated heterocycles. The first-order chi connectivity index (χ1) is 13.8. The molecule has 0 radical (unpaired) electrons. The molecule has 1 N–H and O–H groups in total. The normalized spacial score (nSPS) is 13.2. The SMILES string of the molecule is COc1ccccc1-c1cncc2ccc(C(=O)NCC3=CCCC=C3)nc12. The van der Waals surface area contributed by atoms with Crippen LogP contribution in [0.4, 0.5) is 0 Å². The summed E-state index contributed by atoms with van der Waals surface area (Å²) in [7, 11) is 1.64. The zero-order chi connectivity index (χ0) is 19.3. The molecule has 5 heteroatoms. The van der Waals surface area contributed by atoms with E-state index in [1.807, 2.05) is 30.3 Å². The molecule has 0 fully saturated rings. The lowest BCUT2D eigenvalue weighted by Gasteiger charge is -2.12. The Morgan fingerprint density at radius 2 is 2.00 bits per heavy atom. The van der Waals surface area contributed by atoms with Crippen molar-refractivity contribution < 1.29 is 9.53 Å². The Labute approximate surface area is 163 Å². The predicted molar refractivity (Wildman–Crippen MR) is 110 cm³/mol. The Hall–Kier alpha value is -3.47. The van der Waals surface area contributed by atoms with Crippen LogP contribution in [-0.4, -0.2) is 29.5 Å². The fourth-order valence-electron chi connectivity index (χ4n) is 3.31. The number of amides is 1. The number of hydrogen-bond acceptors (Lipinski definition) is 4. The molecular weight excluding hydrogens is 350 g/mol. The number of nitrogens with zero attached hydrogens (tertiary/aromatic N) is 2. The number of para-hydroxylation sites is 1. The van der Waals surface area contributed by atoms with Crippen molar-refractivity contribution in [1.82, 2.24) is 15.3 Å². The Kier molecular flexibility index (Phi) is 5.15. The number of carbonyl (C=O) groups excluding carboxylic acids is 1. The minimum absolute atomic E-state index is 0.190. The molecule has 3 aromatic rings. The summed E-state index contributed by atoms with van der Waals surface area (Å²) in [5, 5.41) is 3.83. The molecule has 0 bridgehead atoms. The fraction of sp³-hybridized carbons (Fsp3) is 0.174. The van der Waals surface area contributed by atoms with Crippen LogP contribution in [0.3, 0.4) is 0 Å². The number of ether oxygens (including phenoxy) is 1. The van der Waals surface area contributed by atoms with Crippen molar-refractivity contribution in [1.29, 1.82) is 0 Å². The van der Waals surface area contributed by atoms with Crippen LogP contribution in [0.15, 0.2) is 72.6 Å². The minimum Gasteiger partial charge on any atom is -0.496 e. The van der Waals surface area contributed by atoms with E-state index in [1.165, 1.54) is 0 Å². The minimum atomic E-state index is -0.190. The summed E-state index contributed by atoms with van der Waals surface area (Å²) in [5.41, 5.74) is 3.96. The van der Waals surface area contributed by atoms with Crippen molar-refractivity contribution in [3.05, 3.63) is 78.3 Å². The topological polar surface area (TPSA) is 64.1 Å². The van der Waals surface area contributed by atoms with Gasteiger partial charge in [0.2, 0.25) is 0 Å². The first kappa shape index (κ1) is 17.9. The highest BCUT2D eigenvalue weighted by molar-refractivity contribution is 5.99. The van der Waals surface area contributed by atoms with E-state index in [1.54, 1.807) is 25.6 Å². The van der Waals surface area contributed by atoms with E-state index in [-0.39, 0.29) is 5.91 Å². The van der Waals surface area contributed by atoms with Gasteiger partial charge in [0, 0.05) is 35.5 Å². The number of allylic oxidation sites excluding steroid dienone is 2. The van der Waals surface area contributed by atoms with Crippen molar-refractivity contribution >= 4 is 16.8 Å². The number of rotatable bonds is 5. The number of nitrogens with one attached hydrogen (secondary N) is 1. The number of carbonyl (C=O) groups is 1. The third-order valence-electron chi connectivity index (χ3n) is 4.75. The van der Waals surface area contributed by atoms with Gasteiger partial charge in [0.25, 0.3) is 5.91 Å². The molecule has 1 amide bonds. The second-order valence-corrected chi connectivity index (χ2v) is 6.60. The highest BCUT2D eigenvalue weighted by atomic mass is 16.5. The van der Waals surface area contributed by atoms with Gasteiger partial charge in [-0.2, -0.15) is 0 Å². The summed E-state index contributed by atoms with van der Waals surface area (Å²) in [4.78, 5) is 21.6. The monoisotopic (exact) mass is 371 g/mol. The molecule has 2 aromatic heterocycles. The molecule has 1 aliphatic carbocycles. The maximum atomic E-state index is 12.6. The lowest BCUT2D eigenvalue weighted by Crippen LogP contribution is -2.26. The lowest BCUT2D eigenvalue weighted by molar-refractivity contribution is 0.0952. The second kappa shape index (κ2) is 8.05. The van der Waals surface area contributed by atoms with Gasteiger partial charge in [-0.3, -0.25) is 9.78 Å². The summed E-state index contributed by atoms with van der Waals surface area (Å²) >= 11 is 0. The number of hydrogen-bond donors (Lipinski definition) is 1. The van der Waals surface area contributed by atoms with Crippen LogP contribution in [0.2, 0.25) is 0 Å². The van der Waals surface area contributed by atoms with Crippen molar-refractivity contribution in [3.8, 4) is 16.9 Å². The third kappa shape index (κ3) is 3.64. The van der Waals surface area contributed by atoms with Crippen LogP contribution in [0.5, 0.6) is 5.75 Å². The second-order valence-electron chi connectivity index (χ2n) is 6.60. The number of pyridine rings is 2. The Bertz CT molecular complexity index is 1090.